The predicted molar refractivity (Wildman–Crippen MR) is 90.1 cm³/mol. The van der Waals surface area contributed by atoms with Crippen LogP contribution in [-0.2, 0) is 9.59 Å². The SMILES string of the molecule is NC(=O)CCNC(=O)C1=C[C@H](Oc2cc(F)ccc2Br)[C@H](O)[C@H](O)C1. The van der Waals surface area contributed by atoms with Gasteiger partial charge in [0.15, 0.2) is 0 Å². The second-order valence-corrected chi connectivity index (χ2v) is 6.44. The minimum absolute atomic E-state index is 0.0135. The van der Waals surface area contributed by atoms with Gasteiger partial charge in [0, 0.05) is 31.0 Å². The topological polar surface area (TPSA) is 122 Å². The number of carbonyl (C=O) groups is 2. The molecule has 0 aliphatic heterocycles. The number of halogens is 2. The molecule has 0 unspecified atom stereocenters. The van der Waals surface area contributed by atoms with Gasteiger partial charge in [-0.05, 0) is 34.1 Å². The minimum Gasteiger partial charge on any atom is -0.482 e. The van der Waals surface area contributed by atoms with Crippen LogP contribution in [0.2, 0.25) is 0 Å². The van der Waals surface area contributed by atoms with E-state index in [-0.39, 0.29) is 30.7 Å². The molecule has 1 aliphatic rings. The van der Waals surface area contributed by atoms with E-state index in [1.807, 2.05) is 0 Å². The Morgan fingerprint density at radius 2 is 2.12 bits per heavy atom. The summed E-state index contributed by atoms with van der Waals surface area (Å²) in [5.41, 5.74) is 5.19. The first-order valence-electron chi connectivity index (χ1n) is 7.53. The number of rotatable bonds is 6. The minimum atomic E-state index is -1.28. The largest absolute Gasteiger partial charge is 0.482 e. The zero-order chi connectivity index (χ0) is 18.6. The Balaban J connectivity index is 2.13. The number of aliphatic hydroxyl groups is 2. The van der Waals surface area contributed by atoms with E-state index in [2.05, 4.69) is 21.2 Å². The molecule has 0 bridgehead atoms. The Labute approximate surface area is 151 Å². The van der Waals surface area contributed by atoms with E-state index in [1.54, 1.807) is 0 Å². The number of aliphatic hydroxyl groups excluding tert-OH is 2. The highest BCUT2D eigenvalue weighted by Gasteiger charge is 2.34. The molecule has 0 radical (unpaired) electrons. The lowest BCUT2D eigenvalue weighted by Crippen LogP contribution is -2.45. The number of ether oxygens (including phenoxy) is 1. The van der Waals surface area contributed by atoms with Gasteiger partial charge in [-0.2, -0.15) is 0 Å². The van der Waals surface area contributed by atoms with Crippen molar-refractivity contribution in [1.29, 1.82) is 0 Å². The molecule has 5 N–H and O–H groups in total. The highest BCUT2D eigenvalue weighted by atomic mass is 79.9. The summed E-state index contributed by atoms with van der Waals surface area (Å²) in [7, 11) is 0. The summed E-state index contributed by atoms with van der Waals surface area (Å²) in [6, 6.07) is 3.80. The van der Waals surface area contributed by atoms with Crippen LogP contribution in [0.25, 0.3) is 0 Å². The fourth-order valence-corrected chi connectivity index (χ4v) is 2.67. The smallest absolute Gasteiger partial charge is 0.247 e. The number of amides is 2. The summed E-state index contributed by atoms with van der Waals surface area (Å²) in [6.07, 6.45) is -2.27. The lowest BCUT2D eigenvalue weighted by molar-refractivity contribution is -0.119. The summed E-state index contributed by atoms with van der Waals surface area (Å²) < 4.78 is 19.4. The summed E-state index contributed by atoms with van der Waals surface area (Å²) in [5, 5.41) is 22.6. The fourth-order valence-electron chi connectivity index (χ4n) is 2.33. The average molecular weight is 417 g/mol. The maximum absolute atomic E-state index is 13.4. The van der Waals surface area contributed by atoms with Crippen LogP contribution in [0.3, 0.4) is 0 Å². The quantitative estimate of drug-likeness (QED) is 0.533. The van der Waals surface area contributed by atoms with Crippen molar-refractivity contribution in [3.8, 4) is 5.75 Å². The van der Waals surface area contributed by atoms with Crippen molar-refractivity contribution in [3.63, 3.8) is 0 Å². The van der Waals surface area contributed by atoms with Gasteiger partial charge in [-0.25, -0.2) is 4.39 Å². The highest BCUT2D eigenvalue weighted by molar-refractivity contribution is 9.10. The van der Waals surface area contributed by atoms with Gasteiger partial charge in [0.2, 0.25) is 11.8 Å². The van der Waals surface area contributed by atoms with E-state index in [1.165, 1.54) is 18.2 Å². The molecule has 1 aromatic carbocycles. The van der Waals surface area contributed by atoms with Gasteiger partial charge in [-0.15, -0.1) is 0 Å². The maximum Gasteiger partial charge on any atom is 0.247 e. The Hall–Kier alpha value is -1.97. The van der Waals surface area contributed by atoms with Crippen LogP contribution < -0.4 is 15.8 Å². The molecule has 3 atom stereocenters. The lowest BCUT2D eigenvalue weighted by atomic mass is 9.91. The van der Waals surface area contributed by atoms with E-state index in [0.717, 1.165) is 6.07 Å². The number of carbonyl (C=O) groups excluding carboxylic acids is 2. The number of benzene rings is 1. The molecule has 0 saturated heterocycles. The van der Waals surface area contributed by atoms with Crippen LogP contribution in [-0.4, -0.2) is 46.9 Å². The number of primary amides is 1. The third-order valence-electron chi connectivity index (χ3n) is 3.63. The normalized spacial score (nSPS) is 22.9. The lowest BCUT2D eigenvalue weighted by Gasteiger charge is -2.31. The Morgan fingerprint density at radius 1 is 1.40 bits per heavy atom. The number of hydrogen-bond donors (Lipinski definition) is 4. The first-order valence-corrected chi connectivity index (χ1v) is 8.32. The van der Waals surface area contributed by atoms with Crippen molar-refractivity contribution in [1.82, 2.24) is 5.32 Å². The molecular formula is C16H18BrFN2O5. The van der Waals surface area contributed by atoms with Crippen molar-refractivity contribution in [2.75, 3.05) is 6.54 Å². The van der Waals surface area contributed by atoms with Gasteiger partial charge in [0.05, 0.1) is 10.6 Å². The summed E-state index contributed by atoms with van der Waals surface area (Å²) in [5.74, 6) is -1.45. The van der Waals surface area contributed by atoms with Crippen LogP contribution in [0.4, 0.5) is 4.39 Å². The molecule has 136 valence electrons. The molecular weight excluding hydrogens is 399 g/mol. The summed E-state index contributed by atoms with van der Waals surface area (Å²) in [6.45, 7) is 0.0606. The van der Waals surface area contributed by atoms with Crippen molar-refractivity contribution >= 4 is 27.7 Å². The molecule has 0 heterocycles. The average Bonchev–Trinajstić information content (AvgIpc) is 2.54. The first kappa shape index (κ1) is 19.4. The maximum atomic E-state index is 13.4. The van der Waals surface area contributed by atoms with E-state index in [4.69, 9.17) is 10.5 Å². The first-order chi connectivity index (χ1) is 11.8. The standard InChI is InChI=1S/C16H18BrFN2O5/c17-10-2-1-9(18)7-12(10)25-13-6-8(5-11(21)15(13)23)16(24)20-4-3-14(19)22/h1-2,6-7,11,13,15,21,23H,3-5H2,(H2,19,22)(H,20,24)/t11-,13+,15-/m1/s1. The third-order valence-corrected chi connectivity index (χ3v) is 4.29. The number of hydrogen-bond acceptors (Lipinski definition) is 5. The van der Waals surface area contributed by atoms with E-state index in [0.29, 0.717) is 4.47 Å². The van der Waals surface area contributed by atoms with Gasteiger partial charge >= 0.3 is 0 Å². The molecule has 0 aromatic heterocycles. The molecule has 0 fully saturated rings. The van der Waals surface area contributed by atoms with E-state index in [9.17, 15) is 24.2 Å². The van der Waals surface area contributed by atoms with Crippen molar-refractivity contribution in [3.05, 3.63) is 40.1 Å². The Morgan fingerprint density at radius 3 is 2.80 bits per heavy atom. The monoisotopic (exact) mass is 416 g/mol. The summed E-state index contributed by atoms with van der Waals surface area (Å²) >= 11 is 3.20. The van der Waals surface area contributed by atoms with Crippen LogP contribution in [0, 0.1) is 5.82 Å². The Bertz CT molecular complexity index is 697. The van der Waals surface area contributed by atoms with Crippen molar-refractivity contribution in [2.45, 2.75) is 31.2 Å². The van der Waals surface area contributed by atoms with Crippen LogP contribution in [0.15, 0.2) is 34.3 Å². The van der Waals surface area contributed by atoms with Gasteiger partial charge in [0.25, 0.3) is 0 Å². The van der Waals surface area contributed by atoms with Crippen LogP contribution in [0.5, 0.6) is 5.75 Å². The fraction of sp³-hybridized carbons (Fsp3) is 0.375. The molecule has 2 amide bonds. The van der Waals surface area contributed by atoms with E-state index < -0.39 is 35.9 Å². The van der Waals surface area contributed by atoms with E-state index >= 15 is 0 Å². The number of nitrogens with one attached hydrogen (secondary N) is 1. The van der Waals surface area contributed by atoms with Crippen LogP contribution in [0.1, 0.15) is 12.8 Å². The van der Waals surface area contributed by atoms with Gasteiger partial charge in [0.1, 0.15) is 23.8 Å². The molecule has 2 rings (SSSR count). The molecule has 0 spiro atoms. The molecule has 0 saturated carbocycles. The number of nitrogens with two attached hydrogens (primary N) is 1. The third kappa shape index (κ3) is 5.25. The second kappa shape index (κ2) is 8.41. The molecule has 9 heteroatoms. The molecule has 25 heavy (non-hydrogen) atoms. The zero-order valence-electron chi connectivity index (χ0n) is 13.1. The van der Waals surface area contributed by atoms with Gasteiger partial charge < -0.3 is 26.0 Å². The molecule has 1 aliphatic carbocycles. The molecule has 7 nitrogen and oxygen atoms in total. The summed E-state index contributed by atoms with van der Waals surface area (Å²) in [4.78, 5) is 22.8. The molecule has 1 aromatic rings. The van der Waals surface area contributed by atoms with Crippen molar-refractivity contribution in [2.24, 2.45) is 5.73 Å². The highest BCUT2D eigenvalue weighted by Crippen LogP contribution is 2.30. The second-order valence-electron chi connectivity index (χ2n) is 5.58. The van der Waals surface area contributed by atoms with Crippen LogP contribution >= 0.6 is 15.9 Å². The Kier molecular flexibility index (Phi) is 6.51. The van der Waals surface area contributed by atoms with Gasteiger partial charge in [-0.3, -0.25) is 9.59 Å². The van der Waals surface area contributed by atoms with Gasteiger partial charge in [-0.1, -0.05) is 0 Å². The zero-order valence-corrected chi connectivity index (χ0v) is 14.7. The van der Waals surface area contributed by atoms with Crippen molar-refractivity contribution < 1.29 is 28.9 Å². The predicted octanol–water partition coefficient (Wildman–Crippen LogP) is 0.379.